The van der Waals surface area contributed by atoms with E-state index in [1.54, 1.807) is 12.5 Å². The number of hydrogen-bond donors (Lipinski definition) is 0. The van der Waals surface area contributed by atoms with Gasteiger partial charge in [-0.15, -0.1) is 0 Å². The highest BCUT2D eigenvalue weighted by Gasteiger charge is 2.21. The van der Waals surface area contributed by atoms with Crippen LogP contribution in [0, 0.1) is 5.92 Å². The van der Waals surface area contributed by atoms with Crippen LogP contribution in [0.3, 0.4) is 0 Å². The summed E-state index contributed by atoms with van der Waals surface area (Å²) in [5.74, 6) is 0.272. The molecule has 0 radical (unpaired) electrons. The van der Waals surface area contributed by atoms with E-state index in [4.69, 9.17) is 0 Å². The van der Waals surface area contributed by atoms with E-state index in [-0.39, 0.29) is 11.7 Å². The molecule has 1 aliphatic rings. The maximum absolute atomic E-state index is 11.4. The van der Waals surface area contributed by atoms with E-state index in [0.29, 0.717) is 0 Å². The molecule has 0 spiro atoms. The minimum absolute atomic E-state index is 0.0995. The van der Waals surface area contributed by atoms with Gasteiger partial charge in [-0.1, -0.05) is 12.8 Å². The first-order valence-electron chi connectivity index (χ1n) is 4.32. The highest BCUT2D eigenvalue weighted by molar-refractivity contribution is 8.01. The van der Waals surface area contributed by atoms with Crippen molar-refractivity contribution in [1.82, 2.24) is 0 Å². The Morgan fingerprint density at radius 1 is 1.33 bits per heavy atom. The molecule has 0 unspecified atom stereocenters. The van der Waals surface area contributed by atoms with Crippen LogP contribution in [0.25, 0.3) is 0 Å². The summed E-state index contributed by atoms with van der Waals surface area (Å²) in [5.41, 5.74) is 0. The third-order valence-electron chi connectivity index (χ3n) is 2.16. The highest BCUT2D eigenvalue weighted by Crippen LogP contribution is 2.24. The Bertz CT molecular complexity index is 271. The summed E-state index contributed by atoms with van der Waals surface area (Å²) in [6.07, 6.45) is 7.51. The Hall–Kier alpha value is -0.310. The van der Waals surface area contributed by atoms with Crippen LogP contribution in [0.15, 0.2) is 0 Å². The van der Waals surface area contributed by atoms with Gasteiger partial charge in [0.2, 0.25) is 0 Å². The first-order valence-corrected chi connectivity index (χ1v) is 6.75. The number of Topliss-reactive ketones (excluding diaryl/α,β-unsaturated/α-hetero) is 1. The molecule has 0 N–H and O–H groups in total. The fourth-order valence-corrected chi connectivity index (χ4v) is 2.34. The first-order chi connectivity index (χ1) is 5.49. The predicted molar refractivity (Wildman–Crippen MR) is 53.0 cm³/mol. The molecule has 0 aromatic heterocycles. The standard InChI is InChI=1S/C9H16O2S/c1-12(2,11)7-9(10)8-5-3-4-6-8/h7-8H,3-6H2,1-2H3. The number of carbonyl (C=O) groups is 1. The van der Waals surface area contributed by atoms with Crippen molar-refractivity contribution in [1.29, 1.82) is 0 Å². The van der Waals surface area contributed by atoms with Gasteiger partial charge >= 0.3 is 0 Å². The van der Waals surface area contributed by atoms with E-state index < -0.39 is 9.52 Å². The predicted octanol–water partition coefficient (Wildman–Crippen LogP) is 1.09. The van der Waals surface area contributed by atoms with Crippen molar-refractivity contribution in [2.45, 2.75) is 25.7 Å². The molecule has 0 amide bonds. The first kappa shape index (κ1) is 9.78. The summed E-state index contributed by atoms with van der Waals surface area (Å²) >= 11 is 0. The quantitative estimate of drug-likeness (QED) is 0.608. The molecule has 12 heavy (non-hydrogen) atoms. The van der Waals surface area contributed by atoms with E-state index in [1.807, 2.05) is 0 Å². The van der Waals surface area contributed by atoms with Gasteiger partial charge in [-0.05, 0) is 22.4 Å². The lowest BCUT2D eigenvalue weighted by Crippen LogP contribution is -2.16. The Morgan fingerprint density at radius 3 is 2.25 bits per heavy atom. The van der Waals surface area contributed by atoms with Crippen LogP contribution in [-0.4, -0.2) is 27.9 Å². The van der Waals surface area contributed by atoms with Gasteiger partial charge in [0.1, 0.15) is 0 Å². The van der Waals surface area contributed by atoms with E-state index in [9.17, 15) is 9.00 Å². The Balaban J connectivity index is 2.66. The summed E-state index contributed by atoms with van der Waals surface area (Å²) in [4.78, 5) is 11.4. The average molecular weight is 188 g/mol. The van der Waals surface area contributed by atoms with Gasteiger partial charge in [0.15, 0.2) is 5.78 Å². The monoisotopic (exact) mass is 188 g/mol. The number of carbonyl (C=O) groups excluding carboxylic acids is 1. The topological polar surface area (TPSA) is 34.1 Å². The maximum atomic E-state index is 11.4. The lowest BCUT2D eigenvalue weighted by molar-refractivity contribution is -0.115. The zero-order valence-electron chi connectivity index (χ0n) is 7.71. The van der Waals surface area contributed by atoms with E-state index in [0.717, 1.165) is 25.7 Å². The molecule has 1 rings (SSSR count). The van der Waals surface area contributed by atoms with E-state index in [1.165, 1.54) is 5.37 Å². The zero-order valence-corrected chi connectivity index (χ0v) is 8.52. The molecule has 1 saturated carbocycles. The molecule has 0 aliphatic heterocycles. The molecule has 0 bridgehead atoms. The molecular formula is C9H16O2S. The molecule has 0 heterocycles. The van der Waals surface area contributed by atoms with E-state index in [2.05, 4.69) is 0 Å². The Morgan fingerprint density at radius 2 is 1.83 bits per heavy atom. The largest absolute Gasteiger partial charge is 0.294 e. The minimum atomic E-state index is -1.99. The van der Waals surface area contributed by atoms with Crippen molar-refractivity contribution in [3.05, 3.63) is 0 Å². The molecule has 1 aliphatic carbocycles. The third kappa shape index (κ3) is 2.97. The lowest BCUT2D eigenvalue weighted by atomic mass is 10.0. The van der Waals surface area contributed by atoms with Crippen molar-refractivity contribution in [3.63, 3.8) is 0 Å². The van der Waals surface area contributed by atoms with Gasteiger partial charge < -0.3 is 0 Å². The molecule has 0 atom stereocenters. The second kappa shape index (κ2) is 3.60. The van der Waals surface area contributed by atoms with Crippen LogP contribution in [-0.2, 0) is 14.3 Å². The Kier molecular flexibility index (Phi) is 2.94. The number of ketones is 1. The molecule has 0 aromatic rings. The summed E-state index contributed by atoms with van der Waals surface area (Å²) in [6.45, 7) is 0. The molecule has 70 valence electrons. The number of rotatable bonds is 2. The highest BCUT2D eigenvalue weighted by atomic mass is 32.2. The number of hydrogen-bond acceptors (Lipinski definition) is 2. The SMILES string of the molecule is CS(C)(=O)=CC(=O)C1CCCC1. The van der Waals surface area contributed by atoms with Crippen molar-refractivity contribution in [2.24, 2.45) is 5.92 Å². The fraction of sp³-hybridized carbons (Fsp3) is 0.778. The summed E-state index contributed by atoms with van der Waals surface area (Å²) in [5, 5.41) is 1.42. The summed E-state index contributed by atoms with van der Waals surface area (Å²) in [6, 6.07) is 0. The third-order valence-corrected chi connectivity index (χ3v) is 2.96. The van der Waals surface area contributed by atoms with Gasteiger partial charge in [0.25, 0.3) is 0 Å². The van der Waals surface area contributed by atoms with Crippen LogP contribution < -0.4 is 0 Å². The molecule has 2 nitrogen and oxygen atoms in total. The van der Waals surface area contributed by atoms with E-state index >= 15 is 0 Å². The fourth-order valence-electron chi connectivity index (χ4n) is 1.59. The second-order valence-corrected chi connectivity index (χ2v) is 6.66. The van der Waals surface area contributed by atoms with Crippen LogP contribution in [0.4, 0.5) is 0 Å². The minimum Gasteiger partial charge on any atom is -0.294 e. The Labute approximate surface area is 74.4 Å². The maximum Gasteiger partial charge on any atom is 0.166 e. The van der Waals surface area contributed by atoms with Gasteiger partial charge in [0, 0.05) is 23.8 Å². The summed E-state index contributed by atoms with van der Waals surface area (Å²) < 4.78 is 11.3. The zero-order chi connectivity index (χ0) is 9.19. The molecule has 0 aromatic carbocycles. The molecule has 0 saturated heterocycles. The van der Waals surface area contributed by atoms with Crippen LogP contribution in [0.2, 0.25) is 0 Å². The van der Waals surface area contributed by atoms with Crippen LogP contribution >= 0.6 is 0 Å². The molecular weight excluding hydrogens is 172 g/mol. The van der Waals surface area contributed by atoms with Gasteiger partial charge in [-0.25, -0.2) is 0 Å². The molecule has 3 heteroatoms. The average Bonchev–Trinajstić information content (AvgIpc) is 2.32. The van der Waals surface area contributed by atoms with Crippen LogP contribution in [0.1, 0.15) is 25.7 Å². The smallest absolute Gasteiger partial charge is 0.166 e. The summed E-state index contributed by atoms with van der Waals surface area (Å²) in [7, 11) is -1.99. The van der Waals surface area contributed by atoms with Gasteiger partial charge in [-0.3, -0.25) is 9.00 Å². The van der Waals surface area contributed by atoms with Crippen molar-refractivity contribution < 1.29 is 9.00 Å². The van der Waals surface area contributed by atoms with Crippen molar-refractivity contribution in [2.75, 3.05) is 12.5 Å². The second-order valence-electron chi connectivity index (χ2n) is 3.81. The lowest BCUT2D eigenvalue weighted by Gasteiger charge is -2.03. The van der Waals surface area contributed by atoms with Gasteiger partial charge in [0.05, 0.1) is 0 Å². The van der Waals surface area contributed by atoms with Gasteiger partial charge in [-0.2, -0.15) is 0 Å². The van der Waals surface area contributed by atoms with Crippen LogP contribution in [0.5, 0.6) is 0 Å². The normalized spacial score (nSPS) is 19.5. The van der Waals surface area contributed by atoms with Crippen molar-refractivity contribution in [3.8, 4) is 0 Å². The van der Waals surface area contributed by atoms with Crippen molar-refractivity contribution >= 4 is 20.7 Å². The molecule has 1 fully saturated rings.